The summed E-state index contributed by atoms with van der Waals surface area (Å²) >= 11 is 0. The van der Waals surface area contributed by atoms with Crippen molar-refractivity contribution in [2.45, 2.75) is 24.8 Å². The summed E-state index contributed by atoms with van der Waals surface area (Å²) in [6.45, 7) is 11.2. The molecule has 0 saturated heterocycles. The minimum Gasteiger partial charge on any atom is -0.394 e. The molecule has 0 saturated carbocycles. The largest absolute Gasteiger partial charge is 0.394 e. The van der Waals surface area contributed by atoms with Crippen molar-refractivity contribution in [2.24, 2.45) is 5.73 Å². The second-order valence-electron chi connectivity index (χ2n) is 12.0. The summed E-state index contributed by atoms with van der Waals surface area (Å²) in [7, 11) is 0. The van der Waals surface area contributed by atoms with Crippen molar-refractivity contribution in [3.8, 4) is 0 Å². The van der Waals surface area contributed by atoms with Crippen LogP contribution in [0.2, 0.25) is 0 Å². The summed E-state index contributed by atoms with van der Waals surface area (Å²) in [6, 6.07) is 0. The Morgan fingerprint density at radius 1 is 0.421 bits per heavy atom. The molecular weight excluding hydrogens is 760 g/mol. The third-order valence-electron chi connectivity index (χ3n) is 6.93. The van der Waals surface area contributed by atoms with E-state index in [2.05, 4.69) is 5.32 Å². The number of hydrogen-bond donors (Lipinski definition) is 3. The van der Waals surface area contributed by atoms with E-state index < -0.39 is 5.54 Å². The number of nitrogens with two attached hydrogens (primary N) is 1. The zero-order valence-electron chi connectivity index (χ0n) is 34.0. The highest BCUT2D eigenvalue weighted by Crippen LogP contribution is 2.06. The number of amides is 1. The smallest absolute Gasteiger partial charge is 0.222 e. The van der Waals surface area contributed by atoms with E-state index in [0.717, 1.165) is 12.6 Å². The number of rotatable bonds is 50. The molecule has 0 aromatic carbocycles. The highest BCUT2D eigenvalue weighted by molar-refractivity contribution is 5.75. The van der Waals surface area contributed by atoms with Gasteiger partial charge in [-0.05, 0) is 0 Å². The minimum absolute atomic E-state index is 0.0143. The van der Waals surface area contributed by atoms with Crippen LogP contribution in [0.4, 0.5) is 0 Å². The van der Waals surface area contributed by atoms with E-state index in [1.807, 2.05) is 0 Å². The Kier molecular flexibility index (Phi) is 45.4. The van der Waals surface area contributed by atoms with Crippen LogP contribution in [0.1, 0.15) is 19.3 Å². The SMILES string of the molecule is NC(COCCC=O)(COCCC=O)COCCC(=O)NCCOCCOCCOCCOCCOCCOCCOCCOCCOCCOCCOCCO. The van der Waals surface area contributed by atoms with Crippen molar-refractivity contribution < 1.29 is 85.8 Å². The molecule has 0 heterocycles. The molecule has 0 aromatic rings. The molecule has 20 nitrogen and oxygen atoms in total. The van der Waals surface area contributed by atoms with Crippen LogP contribution < -0.4 is 11.1 Å². The minimum atomic E-state index is -0.974. The number of carbonyl (C=O) groups excluding carboxylic acids is 3. The topological polar surface area (TPSA) is 239 Å². The lowest BCUT2D eigenvalue weighted by molar-refractivity contribution is -0.122. The van der Waals surface area contributed by atoms with E-state index in [1.54, 1.807) is 0 Å². The molecule has 0 aliphatic rings. The second kappa shape index (κ2) is 46.9. The molecule has 0 bridgehead atoms. The zero-order valence-corrected chi connectivity index (χ0v) is 34.0. The Bertz CT molecular complexity index is 835. The monoisotopic (exact) mass is 832 g/mol. The normalized spacial score (nSPS) is 11.7. The van der Waals surface area contributed by atoms with Crippen LogP contribution in [0, 0.1) is 0 Å². The molecule has 0 aliphatic heterocycles. The lowest BCUT2D eigenvalue weighted by Gasteiger charge is -2.28. The first-order chi connectivity index (χ1) is 28.1. The number of carbonyl (C=O) groups is 3. The van der Waals surface area contributed by atoms with Gasteiger partial charge in [-0.25, -0.2) is 0 Å². The number of aldehydes is 2. The molecule has 1 amide bonds. The second-order valence-corrected chi connectivity index (χ2v) is 12.0. The van der Waals surface area contributed by atoms with Gasteiger partial charge in [0, 0.05) is 25.8 Å². The summed E-state index contributed by atoms with van der Waals surface area (Å²) in [6.07, 6.45) is 2.16. The van der Waals surface area contributed by atoms with Crippen LogP contribution >= 0.6 is 0 Å². The summed E-state index contributed by atoms with van der Waals surface area (Å²) < 4.78 is 76.0. The van der Waals surface area contributed by atoms with Gasteiger partial charge in [0.05, 0.1) is 197 Å². The first-order valence-electron chi connectivity index (χ1n) is 19.7. The summed E-state index contributed by atoms with van der Waals surface area (Å²) in [5.41, 5.74) is 5.34. The van der Waals surface area contributed by atoms with E-state index >= 15 is 0 Å². The number of aliphatic hydroxyl groups excluding tert-OH is 1. The maximum atomic E-state index is 12.1. The molecule has 0 spiro atoms. The van der Waals surface area contributed by atoms with Gasteiger partial charge in [0.2, 0.25) is 5.91 Å². The molecule has 0 fully saturated rings. The van der Waals surface area contributed by atoms with E-state index in [4.69, 9.17) is 77.2 Å². The highest BCUT2D eigenvalue weighted by atomic mass is 16.6. The molecule has 20 heteroatoms. The Labute approximate surface area is 338 Å². The number of aliphatic hydroxyl groups is 1. The fourth-order valence-electron chi connectivity index (χ4n) is 4.10. The molecule has 338 valence electrons. The van der Waals surface area contributed by atoms with Crippen molar-refractivity contribution in [1.82, 2.24) is 5.32 Å². The first kappa shape index (κ1) is 55.2. The summed E-state index contributed by atoms with van der Waals surface area (Å²) in [4.78, 5) is 33.0. The molecule has 0 aliphatic carbocycles. The van der Waals surface area contributed by atoms with Gasteiger partial charge in [0.1, 0.15) is 12.6 Å². The molecule has 4 N–H and O–H groups in total. The van der Waals surface area contributed by atoms with Gasteiger partial charge < -0.3 is 92.1 Å². The van der Waals surface area contributed by atoms with Gasteiger partial charge in [-0.15, -0.1) is 0 Å². The molecule has 0 aromatic heterocycles. The van der Waals surface area contributed by atoms with Crippen molar-refractivity contribution in [3.63, 3.8) is 0 Å². The number of nitrogens with one attached hydrogen (secondary N) is 1. The van der Waals surface area contributed by atoms with Gasteiger partial charge in [0.15, 0.2) is 0 Å². The Hall–Kier alpha value is -1.83. The van der Waals surface area contributed by atoms with Gasteiger partial charge in [-0.1, -0.05) is 0 Å². The van der Waals surface area contributed by atoms with Crippen LogP contribution in [0.3, 0.4) is 0 Å². The molecule has 0 rings (SSSR count). The van der Waals surface area contributed by atoms with Crippen molar-refractivity contribution in [2.75, 3.05) is 198 Å². The lowest BCUT2D eigenvalue weighted by atomic mass is 10.1. The molecule has 0 unspecified atom stereocenters. The van der Waals surface area contributed by atoms with Crippen molar-refractivity contribution in [1.29, 1.82) is 0 Å². The van der Waals surface area contributed by atoms with Crippen LogP contribution in [0.25, 0.3) is 0 Å². The number of ether oxygens (including phenoxy) is 14. The van der Waals surface area contributed by atoms with E-state index in [1.165, 1.54) is 0 Å². The quantitative estimate of drug-likeness (QED) is 0.0472. The molecule has 57 heavy (non-hydrogen) atoms. The predicted molar refractivity (Wildman–Crippen MR) is 204 cm³/mol. The molecule has 0 radical (unpaired) electrons. The zero-order chi connectivity index (χ0) is 41.4. The molecular formula is C37H72N2O18. The van der Waals surface area contributed by atoms with Crippen LogP contribution in [-0.2, 0) is 80.7 Å². The fourth-order valence-corrected chi connectivity index (χ4v) is 4.10. The molecule has 0 atom stereocenters. The maximum absolute atomic E-state index is 12.1. The van der Waals surface area contributed by atoms with Crippen LogP contribution in [0.5, 0.6) is 0 Å². The number of hydrogen-bond acceptors (Lipinski definition) is 19. The summed E-state index contributed by atoms with van der Waals surface area (Å²) in [5.74, 6) is -0.186. The highest BCUT2D eigenvalue weighted by Gasteiger charge is 2.26. The Morgan fingerprint density at radius 2 is 0.702 bits per heavy atom. The van der Waals surface area contributed by atoms with Gasteiger partial charge in [-0.3, -0.25) is 4.79 Å². The lowest BCUT2D eigenvalue weighted by Crippen LogP contribution is -2.53. The average molecular weight is 833 g/mol. The first-order valence-corrected chi connectivity index (χ1v) is 19.7. The van der Waals surface area contributed by atoms with Crippen LogP contribution in [-0.4, -0.2) is 227 Å². The Balaban J connectivity index is 3.35. The predicted octanol–water partition coefficient (Wildman–Crippen LogP) is -1.41. The van der Waals surface area contributed by atoms with Gasteiger partial charge >= 0.3 is 0 Å². The standard InChI is InChI=1S/C37H72N2O18/c38-37(33-55-8-1-5-40,34-56-9-2-6-41)35-57-10-3-36(43)39-4-11-44-13-15-46-17-19-48-21-23-50-25-27-52-29-31-54-32-30-53-28-26-51-24-22-49-20-18-47-16-14-45-12-7-42/h5-6,42H,1-4,7-35,38H2,(H,39,43). The van der Waals surface area contributed by atoms with Crippen LogP contribution in [0.15, 0.2) is 0 Å². The maximum Gasteiger partial charge on any atom is 0.222 e. The third-order valence-corrected chi connectivity index (χ3v) is 6.93. The fraction of sp³-hybridized carbons (Fsp3) is 0.919. The summed E-state index contributed by atoms with van der Waals surface area (Å²) in [5, 5.41) is 11.3. The van der Waals surface area contributed by atoms with Gasteiger partial charge in [-0.2, -0.15) is 0 Å². The Morgan fingerprint density at radius 3 is 1.00 bits per heavy atom. The van der Waals surface area contributed by atoms with Gasteiger partial charge in [0.25, 0.3) is 0 Å². The third kappa shape index (κ3) is 45.1. The van der Waals surface area contributed by atoms with E-state index in [0.29, 0.717) is 152 Å². The van der Waals surface area contributed by atoms with Crippen molar-refractivity contribution >= 4 is 18.5 Å². The van der Waals surface area contributed by atoms with E-state index in [-0.39, 0.29) is 71.4 Å². The average Bonchev–Trinajstić information content (AvgIpc) is 3.21. The van der Waals surface area contributed by atoms with Crippen molar-refractivity contribution in [3.05, 3.63) is 0 Å². The van der Waals surface area contributed by atoms with E-state index in [9.17, 15) is 14.4 Å².